The van der Waals surface area contributed by atoms with E-state index in [0.29, 0.717) is 0 Å². The highest BCUT2D eigenvalue weighted by atomic mass is 32.2. The maximum absolute atomic E-state index is 10.4. The van der Waals surface area contributed by atoms with Crippen molar-refractivity contribution >= 4 is 11.8 Å². The zero-order chi connectivity index (χ0) is 10.0. The molecule has 1 fully saturated rings. The number of hydrogen-bond donors (Lipinski definition) is 1. The van der Waals surface area contributed by atoms with E-state index in [4.69, 9.17) is 0 Å². The summed E-state index contributed by atoms with van der Waals surface area (Å²) in [6.45, 7) is 2.07. The van der Waals surface area contributed by atoms with Crippen molar-refractivity contribution in [1.29, 1.82) is 0 Å². The Morgan fingerprint density at radius 2 is 2.00 bits per heavy atom. The average Bonchev–Trinajstić information content (AvgIpc) is 2.19. The second-order valence-corrected chi connectivity index (χ2v) is 5.16. The molecule has 0 aliphatic carbocycles. The second-order valence-electron chi connectivity index (χ2n) is 4.05. The molecule has 2 rings (SSSR count). The van der Waals surface area contributed by atoms with Crippen molar-refractivity contribution in [3.8, 4) is 0 Å². The maximum atomic E-state index is 10.4. The molecular formula is C12H16OS. The van der Waals surface area contributed by atoms with Crippen LogP contribution in [0.5, 0.6) is 0 Å². The highest BCUT2D eigenvalue weighted by Crippen LogP contribution is 2.35. The molecule has 0 radical (unpaired) electrons. The standard InChI is InChI=1S/C12H16OS/c1-10-3-5-11(6-4-10)12(13)7-2-8-14-9-12/h3-6,13H,2,7-9H2,1H3. The first-order valence-electron chi connectivity index (χ1n) is 5.08. The molecule has 1 aliphatic heterocycles. The van der Waals surface area contributed by atoms with Gasteiger partial charge in [-0.3, -0.25) is 0 Å². The fraction of sp³-hybridized carbons (Fsp3) is 0.500. The summed E-state index contributed by atoms with van der Waals surface area (Å²) in [5.74, 6) is 2.03. The van der Waals surface area contributed by atoms with Gasteiger partial charge in [0.1, 0.15) is 0 Å². The van der Waals surface area contributed by atoms with Gasteiger partial charge in [-0.25, -0.2) is 0 Å². The van der Waals surface area contributed by atoms with Crippen molar-refractivity contribution < 1.29 is 5.11 Å². The smallest absolute Gasteiger partial charge is 0.0986 e. The Morgan fingerprint density at radius 1 is 1.29 bits per heavy atom. The second kappa shape index (κ2) is 3.95. The van der Waals surface area contributed by atoms with E-state index in [1.807, 2.05) is 11.8 Å². The molecule has 1 unspecified atom stereocenters. The van der Waals surface area contributed by atoms with Crippen LogP contribution < -0.4 is 0 Å². The van der Waals surface area contributed by atoms with Crippen molar-refractivity contribution in [1.82, 2.24) is 0 Å². The summed E-state index contributed by atoms with van der Waals surface area (Å²) < 4.78 is 0. The van der Waals surface area contributed by atoms with Crippen LogP contribution in [0.15, 0.2) is 24.3 Å². The van der Waals surface area contributed by atoms with Gasteiger partial charge in [-0.05, 0) is 31.1 Å². The minimum Gasteiger partial charge on any atom is -0.384 e. The zero-order valence-corrected chi connectivity index (χ0v) is 9.31. The summed E-state index contributed by atoms with van der Waals surface area (Å²) in [7, 11) is 0. The molecular weight excluding hydrogens is 192 g/mol. The van der Waals surface area contributed by atoms with Crippen molar-refractivity contribution in [3.05, 3.63) is 35.4 Å². The van der Waals surface area contributed by atoms with Gasteiger partial charge in [0.15, 0.2) is 0 Å². The van der Waals surface area contributed by atoms with Crippen molar-refractivity contribution in [2.75, 3.05) is 11.5 Å². The number of thioether (sulfide) groups is 1. The van der Waals surface area contributed by atoms with Crippen molar-refractivity contribution in [3.63, 3.8) is 0 Å². The molecule has 0 amide bonds. The van der Waals surface area contributed by atoms with E-state index in [0.717, 1.165) is 24.2 Å². The maximum Gasteiger partial charge on any atom is 0.0986 e. The minimum atomic E-state index is -0.573. The lowest BCUT2D eigenvalue weighted by Crippen LogP contribution is -2.31. The van der Waals surface area contributed by atoms with Crippen LogP contribution in [0, 0.1) is 6.92 Å². The molecule has 0 spiro atoms. The lowest BCUT2D eigenvalue weighted by molar-refractivity contribution is 0.0495. The number of aryl methyl sites for hydroxylation is 1. The number of aliphatic hydroxyl groups is 1. The van der Waals surface area contributed by atoms with E-state index in [1.54, 1.807) is 0 Å². The summed E-state index contributed by atoms with van der Waals surface area (Å²) in [6.07, 6.45) is 2.03. The van der Waals surface area contributed by atoms with E-state index in [9.17, 15) is 5.11 Å². The monoisotopic (exact) mass is 208 g/mol. The van der Waals surface area contributed by atoms with Gasteiger partial charge in [0.05, 0.1) is 5.60 Å². The van der Waals surface area contributed by atoms with Crippen LogP contribution in [0.1, 0.15) is 24.0 Å². The van der Waals surface area contributed by atoms with E-state index in [2.05, 4.69) is 31.2 Å². The Hall–Kier alpha value is -0.470. The first kappa shape index (κ1) is 10.1. The third-order valence-corrected chi connectivity index (χ3v) is 4.07. The Labute approximate surface area is 89.5 Å². The third-order valence-electron chi connectivity index (χ3n) is 2.81. The number of hydrogen-bond acceptors (Lipinski definition) is 2. The quantitative estimate of drug-likeness (QED) is 0.765. The van der Waals surface area contributed by atoms with Crippen LogP contribution in [-0.4, -0.2) is 16.6 Å². The summed E-state index contributed by atoms with van der Waals surface area (Å²) in [5, 5.41) is 10.4. The van der Waals surface area contributed by atoms with Crippen LogP contribution in [0.3, 0.4) is 0 Å². The van der Waals surface area contributed by atoms with Gasteiger partial charge in [0, 0.05) is 5.75 Å². The van der Waals surface area contributed by atoms with Crippen molar-refractivity contribution in [2.24, 2.45) is 0 Å². The molecule has 76 valence electrons. The number of benzene rings is 1. The largest absolute Gasteiger partial charge is 0.384 e. The van der Waals surface area contributed by atoms with E-state index >= 15 is 0 Å². The molecule has 1 atom stereocenters. The van der Waals surface area contributed by atoms with Crippen LogP contribution in [0.2, 0.25) is 0 Å². The van der Waals surface area contributed by atoms with E-state index in [1.165, 1.54) is 11.3 Å². The SMILES string of the molecule is Cc1ccc(C2(O)CCCSC2)cc1. The van der Waals surface area contributed by atoms with E-state index < -0.39 is 5.60 Å². The van der Waals surface area contributed by atoms with Crippen LogP contribution in [0.25, 0.3) is 0 Å². The lowest BCUT2D eigenvalue weighted by Gasteiger charge is -2.32. The van der Waals surface area contributed by atoms with Gasteiger partial charge >= 0.3 is 0 Å². The molecule has 0 saturated carbocycles. The number of rotatable bonds is 1. The normalized spacial score (nSPS) is 27.6. The van der Waals surface area contributed by atoms with Gasteiger partial charge in [-0.2, -0.15) is 11.8 Å². The topological polar surface area (TPSA) is 20.2 Å². The predicted molar refractivity (Wildman–Crippen MR) is 61.6 cm³/mol. The lowest BCUT2D eigenvalue weighted by atomic mass is 9.90. The Balaban J connectivity index is 2.23. The van der Waals surface area contributed by atoms with Gasteiger partial charge in [0.2, 0.25) is 0 Å². The minimum absolute atomic E-state index is 0.573. The molecule has 14 heavy (non-hydrogen) atoms. The van der Waals surface area contributed by atoms with Gasteiger partial charge in [0.25, 0.3) is 0 Å². The molecule has 2 heteroatoms. The van der Waals surface area contributed by atoms with Gasteiger partial charge < -0.3 is 5.11 Å². The molecule has 0 bridgehead atoms. The molecule has 1 heterocycles. The first-order valence-corrected chi connectivity index (χ1v) is 6.23. The first-order chi connectivity index (χ1) is 6.71. The molecule has 1 N–H and O–H groups in total. The predicted octanol–water partition coefficient (Wildman–Crippen LogP) is 2.71. The van der Waals surface area contributed by atoms with Gasteiger partial charge in [-0.1, -0.05) is 29.8 Å². The molecule has 1 aliphatic rings. The summed E-state index contributed by atoms with van der Waals surface area (Å²) >= 11 is 1.85. The zero-order valence-electron chi connectivity index (χ0n) is 8.49. The molecule has 1 aromatic carbocycles. The van der Waals surface area contributed by atoms with Gasteiger partial charge in [-0.15, -0.1) is 0 Å². The fourth-order valence-corrected chi connectivity index (χ4v) is 3.01. The Morgan fingerprint density at radius 3 is 2.57 bits per heavy atom. The summed E-state index contributed by atoms with van der Waals surface area (Å²) in [4.78, 5) is 0. The van der Waals surface area contributed by atoms with Crippen LogP contribution in [0.4, 0.5) is 0 Å². The van der Waals surface area contributed by atoms with Crippen LogP contribution >= 0.6 is 11.8 Å². The Bertz CT molecular complexity index is 299. The average molecular weight is 208 g/mol. The molecule has 0 aromatic heterocycles. The molecule has 1 saturated heterocycles. The third kappa shape index (κ3) is 1.96. The molecule has 1 aromatic rings. The fourth-order valence-electron chi connectivity index (χ4n) is 1.87. The van der Waals surface area contributed by atoms with Crippen LogP contribution in [-0.2, 0) is 5.60 Å². The highest BCUT2D eigenvalue weighted by molar-refractivity contribution is 7.99. The van der Waals surface area contributed by atoms with E-state index in [-0.39, 0.29) is 0 Å². The highest BCUT2D eigenvalue weighted by Gasteiger charge is 2.31. The summed E-state index contributed by atoms with van der Waals surface area (Å²) in [5.41, 5.74) is 1.76. The Kier molecular flexibility index (Phi) is 2.84. The molecule has 1 nitrogen and oxygen atoms in total. The summed E-state index contributed by atoms with van der Waals surface area (Å²) in [6, 6.07) is 8.27. The van der Waals surface area contributed by atoms with Crippen molar-refractivity contribution in [2.45, 2.75) is 25.4 Å².